The van der Waals surface area contributed by atoms with Crippen LogP contribution in [0.5, 0.6) is 0 Å². The minimum Gasteiger partial charge on any atom is -0.246 e. The van der Waals surface area contributed by atoms with Gasteiger partial charge in [0.1, 0.15) is 6.67 Å². The van der Waals surface area contributed by atoms with Crippen LogP contribution in [-0.4, -0.2) is 14.2 Å². The Balaban J connectivity index is 0.000000325. The van der Waals surface area contributed by atoms with Crippen molar-refractivity contribution in [3.8, 4) is 0 Å². The molecule has 0 unspecified atom stereocenters. The fourth-order valence-electron chi connectivity index (χ4n) is 0.721. The molecule has 98 valence electrons. The van der Waals surface area contributed by atoms with Crippen molar-refractivity contribution in [2.24, 2.45) is 0 Å². The molecule has 0 saturated heterocycles. The molecule has 0 aliphatic heterocycles. The van der Waals surface area contributed by atoms with Crippen molar-refractivity contribution in [3.05, 3.63) is 34.8 Å². The molecule has 0 heterocycles. The Kier molecular flexibility index (Phi) is 3.86. The summed E-state index contributed by atoms with van der Waals surface area (Å²) in [6, 6.07) is 6.52. The van der Waals surface area contributed by atoms with Crippen molar-refractivity contribution in [1.82, 2.24) is 0 Å². The quantitative estimate of drug-likeness (QED) is 0.415. The van der Waals surface area contributed by atoms with Crippen LogP contribution in [0.2, 0.25) is 0 Å². The summed E-state index contributed by atoms with van der Waals surface area (Å²) in [4.78, 5) is 2.90. The molecule has 0 atom stereocenters. The van der Waals surface area contributed by atoms with Gasteiger partial charge in [-0.05, 0) is 6.07 Å². The van der Waals surface area contributed by atoms with Crippen LogP contribution in [0.15, 0.2) is 24.3 Å². The van der Waals surface area contributed by atoms with Crippen molar-refractivity contribution >= 4 is 19.9 Å². The Labute approximate surface area is 92.5 Å². The Morgan fingerprint density at radius 1 is 1.00 bits per heavy atom. The molecule has 0 N–H and O–H groups in total. The van der Waals surface area contributed by atoms with Gasteiger partial charge >= 0.3 is 40.7 Å². The summed E-state index contributed by atoms with van der Waals surface area (Å²) in [6.07, 6.45) is 0. The molecule has 0 saturated carbocycles. The minimum absolute atomic E-state index is 0.296. The summed E-state index contributed by atoms with van der Waals surface area (Å²) in [5.41, 5.74) is 0.704. The van der Waals surface area contributed by atoms with E-state index in [1.807, 2.05) is 0 Å². The third-order valence-corrected chi connectivity index (χ3v) is 1.24. The van der Waals surface area contributed by atoms with E-state index < -0.39 is 20.8 Å². The van der Waals surface area contributed by atoms with Crippen LogP contribution in [-0.2, 0) is 6.67 Å². The van der Waals surface area contributed by atoms with Crippen LogP contribution in [0.4, 0.5) is 30.9 Å². The molecule has 0 bridgehead atoms. The van der Waals surface area contributed by atoms with E-state index in [0.717, 1.165) is 0 Å². The zero-order valence-corrected chi connectivity index (χ0v) is 9.88. The third-order valence-electron chi connectivity index (χ3n) is 1.24. The van der Waals surface area contributed by atoms with E-state index in [2.05, 4.69) is 4.98 Å². The number of benzene rings is 1. The largest absolute Gasteiger partial charge is 0.390 e. The zero-order chi connectivity index (χ0) is 13.8. The van der Waals surface area contributed by atoms with Gasteiger partial charge in [0.15, 0.2) is 4.98 Å². The molecule has 0 aliphatic rings. The molecule has 2 nitrogen and oxygen atoms in total. The van der Waals surface area contributed by atoms with Crippen LogP contribution in [0.3, 0.4) is 0 Å². The van der Waals surface area contributed by atoms with Gasteiger partial charge in [-0.25, -0.2) is 4.39 Å². The van der Waals surface area contributed by atoms with Gasteiger partial charge in [0, 0.05) is 6.07 Å². The number of hydrogen-bond acceptors (Lipinski definition) is 1. The Bertz CT molecular complexity index is 421. The molecule has 1 aromatic carbocycles. The van der Waals surface area contributed by atoms with Crippen LogP contribution < -0.4 is 0 Å². The van der Waals surface area contributed by atoms with Crippen molar-refractivity contribution in [2.75, 3.05) is 0 Å². The number of halogens is 7. The van der Waals surface area contributed by atoms with E-state index in [-0.39, 0.29) is 0 Å². The standard InChI is InChI=1S/C7H6FN2.AsF6/c8-5-6-3-1-2-4-7(6)10-9;2-1(3,4,5,6)7/h1-4H,5H2;/q+1;-1. The number of hydrogen-bond donors (Lipinski definition) is 0. The predicted octanol–water partition coefficient (Wildman–Crippen LogP) is 4.78. The fourth-order valence-corrected chi connectivity index (χ4v) is 0.721. The first-order chi connectivity index (χ1) is 7.33. The smallest absolute Gasteiger partial charge is 0.246 e. The zero-order valence-electron chi connectivity index (χ0n) is 8.00. The normalized spacial score (nSPS) is 14.7. The van der Waals surface area contributed by atoms with Gasteiger partial charge in [-0.1, -0.05) is 12.1 Å². The second kappa shape index (κ2) is 4.18. The van der Waals surface area contributed by atoms with Crippen LogP contribution in [0.25, 0.3) is 4.98 Å². The summed E-state index contributed by atoms with van der Waals surface area (Å²) >= 11 is -11.1. The maximum Gasteiger partial charge on any atom is 0.390 e. The van der Waals surface area contributed by atoms with Gasteiger partial charge in [0.25, 0.3) is 0 Å². The molecule has 0 amide bonds. The van der Waals surface area contributed by atoms with Crippen LogP contribution in [0.1, 0.15) is 5.56 Å². The summed E-state index contributed by atoms with van der Waals surface area (Å²) in [5, 5.41) is 8.31. The SMILES string of the molecule is F[As-](F)(F)(F)(F)F.N#[N+]c1ccccc1CF. The molecule has 0 spiro atoms. The number of rotatable bonds is 1. The van der Waals surface area contributed by atoms with E-state index in [9.17, 15) is 25.2 Å². The Morgan fingerprint density at radius 3 is 1.71 bits per heavy atom. The van der Waals surface area contributed by atoms with E-state index in [4.69, 9.17) is 5.39 Å². The molecule has 0 aromatic heterocycles. The van der Waals surface area contributed by atoms with Crippen molar-refractivity contribution in [3.63, 3.8) is 0 Å². The fraction of sp³-hybridized carbons (Fsp3) is 0.143. The van der Waals surface area contributed by atoms with Gasteiger partial charge < -0.3 is 0 Å². The maximum atomic E-state index is 12.0. The average Bonchev–Trinajstić information content (AvgIpc) is 2.13. The summed E-state index contributed by atoms with van der Waals surface area (Å²) in [6.45, 7) is -0.597. The molecular formula is C7H6AsF7N2. The van der Waals surface area contributed by atoms with E-state index >= 15 is 0 Å². The number of nitrogens with zero attached hydrogens (tertiary/aromatic N) is 2. The van der Waals surface area contributed by atoms with Crippen LogP contribution in [0, 0.1) is 5.39 Å². The van der Waals surface area contributed by atoms with Gasteiger partial charge in [-0.15, -0.1) is 0 Å². The number of diazo groups is 1. The summed E-state index contributed by atoms with van der Waals surface area (Å²) < 4.78 is 71.4. The summed E-state index contributed by atoms with van der Waals surface area (Å²) in [7, 11) is 0. The predicted molar refractivity (Wildman–Crippen MR) is 48.4 cm³/mol. The molecule has 17 heavy (non-hydrogen) atoms. The molecule has 10 heteroatoms. The molecule has 0 radical (unpaired) electrons. The van der Waals surface area contributed by atoms with Gasteiger partial charge in [-0.2, -0.15) is 0 Å². The second-order valence-electron chi connectivity index (χ2n) is 2.82. The average molecular weight is 326 g/mol. The van der Waals surface area contributed by atoms with E-state index in [0.29, 0.717) is 11.3 Å². The molecule has 1 aromatic rings. The maximum absolute atomic E-state index is 12.0. The Morgan fingerprint density at radius 2 is 1.41 bits per heavy atom. The van der Waals surface area contributed by atoms with Gasteiger partial charge in [0.2, 0.25) is 5.39 Å². The molecule has 0 fully saturated rings. The molecule has 1 rings (SSSR count). The van der Waals surface area contributed by atoms with Crippen molar-refractivity contribution in [1.29, 1.82) is 5.39 Å². The minimum atomic E-state index is -11.1. The third kappa shape index (κ3) is 12.6. The first-order valence-corrected chi connectivity index (χ1v) is 8.14. The first kappa shape index (κ1) is 15.7. The van der Waals surface area contributed by atoms with Crippen LogP contribution >= 0.6 is 0 Å². The van der Waals surface area contributed by atoms with Crippen molar-refractivity contribution < 1.29 is 25.2 Å². The topological polar surface area (TPSA) is 28.1 Å². The van der Waals surface area contributed by atoms with Crippen molar-refractivity contribution in [2.45, 2.75) is 6.67 Å². The number of alkyl halides is 1. The Hall–Kier alpha value is -1.29. The van der Waals surface area contributed by atoms with Gasteiger partial charge in [-0.3, -0.25) is 0 Å². The van der Waals surface area contributed by atoms with E-state index in [1.54, 1.807) is 24.3 Å². The summed E-state index contributed by atoms with van der Waals surface area (Å²) in [5.74, 6) is 0. The monoisotopic (exact) mass is 326 g/mol. The van der Waals surface area contributed by atoms with E-state index in [1.165, 1.54) is 0 Å². The molecular weight excluding hydrogens is 320 g/mol. The van der Waals surface area contributed by atoms with Gasteiger partial charge in [0.05, 0.1) is 5.56 Å². The first-order valence-electron chi connectivity index (χ1n) is 3.89. The second-order valence-corrected chi connectivity index (χ2v) is 6.84. The molecule has 0 aliphatic carbocycles.